The molecule has 3 atom stereocenters. The Morgan fingerprint density at radius 2 is 1.80 bits per heavy atom. The van der Waals surface area contributed by atoms with E-state index >= 15 is 0 Å². The van der Waals surface area contributed by atoms with Crippen LogP contribution in [0.4, 0.5) is 4.79 Å². The average molecular weight is 484 g/mol. The van der Waals surface area contributed by atoms with Crippen LogP contribution in [-0.4, -0.2) is 48.8 Å². The number of carbonyl (C=O) groups excluding carboxylic acids is 1. The summed E-state index contributed by atoms with van der Waals surface area (Å²) >= 11 is 0. The van der Waals surface area contributed by atoms with Gasteiger partial charge in [-0.1, -0.05) is 94.5 Å². The highest BCUT2D eigenvalue weighted by Gasteiger charge is 2.41. The van der Waals surface area contributed by atoms with Crippen molar-refractivity contribution in [1.82, 2.24) is 15.5 Å². The van der Waals surface area contributed by atoms with Gasteiger partial charge >= 0.3 is 6.03 Å². The quantitative estimate of drug-likeness (QED) is 0.328. The van der Waals surface area contributed by atoms with Crippen LogP contribution in [0.5, 0.6) is 0 Å². The SMILES string of the molecule is CNC[C@H](CC1CCCCC1)NC(=O)N1CCC[C@@H]([C@@](O)(CCCCC2CC2)c2ccccc2)C1. The third-order valence-corrected chi connectivity index (χ3v) is 8.90. The Morgan fingerprint density at radius 1 is 1.03 bits per heavy atom. The minimum atomic E-state index is -0.865. The second kappa shape index (κ2) is 13.1. The van der Waals surface area contributed by atoms with Crippen molar-refractivity contribution < 1.29 is 9.90 Å². The normalized spacial score (nSPS) is 24.1. The molecule has 1 saturated heterocycles. The molecule has 196 valence electrons. The largest absolute Gasteiger partial charge is 0.385 e. The van der Waals surface area contributed by atoms with Crippen molar-refractivity contribution in [2.45, 2.75) is 102 Å². The molecule has 3 aliphatic rings. The Balaban J connectivity index is 1.37. The Kier molecular flexibility index (Phi) is 9.91. The fourth-order valence-electron chi connectivity index (χ4n) is 6.63. The van der Waals surface area contributed by atoms with Crippen molar-refractivity contribution in [3.05, 3.63) is 35.9 Å². The maximum Gasteiger partial charge on any atom is 0.317 e. The number of nitrogens with zero attached hydrogens (tertiary/aromatic N) is 1. The zero-order chi connectivity index (χ0) is 24.5. The van der Waals surface area contributed by atoms with Gasteiger partial charge in [0.15, 0.2) is 0 Å². The van der Waals surface area contributed by atoms with Crippen LogP contribution in [0, 0.1) is 17.8 Å². The van der Waals surface area contributed by atoms with Crippen LogP contribution in [-0.2, 0) is 5.60 Å². The fourth-order valence-corrected chi connectivity index (χ4v) is 6.63. The summed E-state index contributed by atoms with van der Waals surface area (Å²) in [4.78, 5) is 15.4. The highest BCUT2D eigenvalue weighted by molar-refractivity contribution is 5.74. The van der Waals surface area contributed by atoms with Crippen LogP contribution in [0.2, 0.25) is 0 Å². The number of likely N-dealkylation sites (tertiary alicyclic amines) is 1. The van der Waals surface area contributed by atoms with Crippen molar-refractivity contribution >= 4 is 6.03 Å². The Hall–Kier alpha value is -1.59. The summed E-state index contributed by atoms with van der Waals surface area (Å²) in [5.74, 6) is 1.74. The number of likely N-dealkylation sites (N-methyl/N-ethyl adjacent to an activating group) is 1. The van der Waals surface area contributed by atoms with E-state index in [2.05, 4.69) is 22.8 Å². The lowest BCUT2D eigenvalue weighted by Crippen LogP contribution is -2.54. The van der Waals surface area contributed by atoms with E-state index < -0.39 is 5.60 Å². The van der Waals surface area contributed by atoms with E-state index in [1.165, 1.54) is 57.8 Å². The predicted molar refractivity (Wildman–Crippen MR) is 143 cm³/mol. The van der Waals surface area contributed by atoms with Gasteiger partial charge in [0.2, 0.25) is 0 Å². The molecular weight excluding hydrogens is 434 g/mol. The van der Waals surface area contributed by atoms with Crippen LogP contribution in [0.3, 0.4) is 0 Å². The Labute approximate surface area is 213 Å². The number of hydrogen-bond acceptors (Lipinski definition) is 3. The van der Waals surface area contributed by atoms with Crippen LogP contribution >= 0.6 is 0 Å². The molecule has 2 saturated carbocycles. The lowest BCUT2D eigenvalue weighted by atomic mass is 9.74. The molecule has 4 rings (SSSR count). The zero-order valence-corrected chi connectivity index (χ0v) is 22.0. The molecule has 35 heavy (non-hydrogen) atoms. The van der Waals surface area contributed by atoms with E-state index in [9.17, 15) is 9.90 Å². The number of nitrogens with one attached hydrogen (secondary N) is 2. The molecule has 2 aliphatic carbocycles. The number of aliphatic hydroxyl groups is 1. The van der Waals surface area contributed by atoms with E-state index in [0.29, 0.717) is 6.54 Å². The molecule has 0 unspecified atom stereocenters. The summed E-state index contributed by atoms with van der Waals surface area (Å²) < 4.78 is 0. The Morgan fingerprint density at radius 3 is 2.51 bits per heavy atom. The zero-order valence-electron chi connectivity index (χ0n) is 22.0. The van der Waals surface area contributed by atoms with Crippen molar-refractivity contribution in [1.29, 1.82) is 0 Å². The number of benzene rings is 1. The fraction of sp³-hybridized carbons (Fsp3) is 0.767. The first-order valence-corrected chi connectivity index (χ1v) is 14.6. The summed E-state index contributed by atoms with van der Waals surface area (Å²) in [5, 5.41) is 18.8. The van der Waals surface area contributed by atoms with Gasteiger partial charge in [-0.25, -0.2) is 4.79 Å². The first kappa shape index (κ1) is 26.5. The van der Waals surface area contributed by atoms with Crippen LogP contribution in [0.15, 0.2) is 30.3 Å². The Bertz CT molecular complexity index is 762. The summed E-state index contributed by atoms with van der Waals surface area (Å²) in [6.45, 7) is 2.23. The van der Waals surface area contributed by atoms with Crippen molar-refractivity contribution in [2.75, 3.05) is 26.7 Å². The van der Waals surface area contributed by atoms with Gasteiger partial charge in [0.1, 0.15) is 0 Å². The smallest absolute Gasteiger partial charge is 0.317 e. The van der Waals surface area contributed by atoms with E-state index in [-0.39, 0.29) is 18.0 Å². The number of urea groups is 1. The van der Waals surface area contributed by atoms with E-state index in [4.69, 9.17) is 0 Å². The molecule has 5 nitrogen and oxygen atoms in total. The number of unbranched alkanes of at least 4 members (excludes halogenated alkanes) is 1. The lowest BCUT2D eigenvalue weighted by Gasteiger charge is -2.43. The second-order valence-electron chi connectivity index (χ2n) is 11.7. The van der Waals surface area contributed by atoms with Gasteiger partial charge in [-0.3, -0.25) is 0 Å². The van der Waals surface area contributed by atoms with Gasteiger partial charge < -0.3 is 20.6 Å². The highest BCUT2D eigenvalue weighted by Crippen LogP contribution is 2.41. The minimum Gasteiger partial charge on any atom is -0.385 e. The molecule has 1 aromatic rings. The first-order valence-electron chi connectivity index (χ1n) is 14.6. The van der Waals surface area contributed by atoms with Gasteiger partial charge in [-0.05, 0) is 50.1 Å². The van der Waals surface area contributed by atoms with Crippen LogP contribution < -0.4 is 10.6 Å². The first-order chi connectivity index (χ1) is 17.1. The molecule has 5 heteroatoms. The van der Waals surface area contributed by atoms with Gasteiger partial charge in [0, 0.05) is 31.6 Å². The molecule has 2 amide bonds. The van der Waals surface area contributed by atoms with Gasteiger partial charge in [0.25, 0.3) is 0 Å². The number of rotatable bonds is 12. The van der Waals surface area contributed by atoms with Gasteiger partial charge in [-0.15, -0.1) is 0 Å². The molecule has 0 bridgehead atoms. The number of amides is 2. The van der Waals surface area contributed by atoms with Gasteiger partial charge in [-0.2, -0.15) is 0 Å². The number of piperidine rings is 1. The number of hydrogen-bond donors (Lipinski definition) is 3. The summed E-state index contributed by atoms with van der Waals surface area (Å²) in [6, 6.07) is 10.5. The topological polar surface area (TPSA) is 64.6 Å². The van der Waals surface area contributed by atoms with E-state index in [1.54, 1.807) is 0 Å². The average Bonchev–Trinajstić information content (AvgIpc) is 3.72. The molecule has 3 N–H and O–H groups in total. The maximum absolute atomic E-state index is 13.4. The highest BCUT2D eigenvalue weighted by atomic mass is 16.3. The van der Waals surface area contributed by atoms with Crippen molar-refractivity contribution in [3.8, 4) is 0 Å². The second-order valence-corrected chi connectivity index (χ2v) is 11.7. The summed E-state index contributed by atoms with van der Waals surface area (Å²) in [5.41, 5.74) is 0.153. The third kappa shape index (κ3) is 7.69. The van der Waals surface area contributed by atoms with E-state index in [0.717, 1.165) is 62.6 Å². The van der Waals surface area contributed by atoms with Crippen molar-refractivity contribution in [2.24, 2.45) is 17.8 Å². The standard InChI is InChI=1S/C30H49N3O2/c1-31-22-28(21-25-12-4-2-5-13-25)32-29(34)33-20-10-16-27(23-33)30(35,26-14-6-3-7-15-26)19-9-8-11-24-17-18-24/h3,6-7,14-15,24-25,27-28,31,35H,2,4-5,8-13,16-23H2,1H3,(H,32,34)/t27-,28+,30-/m1/s1. The van der Waals surface area contributed by atoms with Gasteiger partial charge in [0.05, 0.1) is 5.60 Å². The molecule has 1 aliphatic heterocycles. The molecular formula is C30H49N3O2. The molecule has 0 spiro atoms. The summed E-state index contributed by atoms with van der Waals surface area (Å²) in [6.07, 6.45) is 16.7. The molecule has 3 fully saturated rings. The maximum atomic E-state index is 13.4. The molecule has 0 radical (unpaired) electrons. The minimum absolute atomic E-state index is 0.0508. The monoisotopic (exact) mass is 483 g/mol. The predicted octanol–water partition coefficient (Wildman–Crippen LogP) is 5.82. The molecule has 1 aromatic carbocycles. The van der Waals surface area contributed by atoms with E-state index in [1.807, 2.05) is 30.1 Å². The van der Waals surface area contributed by atoms with Crippen molar-refractivity contribution in [3.63, 3.8) is 0 Å². The molecule has 1 heterocycles. The third-order valence-electron chi connectivity index (χ3n) is 8.90. The number of carbonyl (C=O) groups is 1. The van der Waals surface area contributed by atoms with Crippen LogP contribution in [0.25, 0.3) is 0 Å². The lowest BCUT2D eigenvalue weighted by molar-refractivity contribution is -0.0558. The summed E-state index contributed by atoms with van der Waals surface area (Å²) in [7, 11) is 1.97. The van der Waals surface area contributed by atoms with Crippen LogP contribution in [0.1, 0.15) is 95.5 Å². The molecule has 0 aromatic heterocycles.